The molecular formula is C21H25N3O2. The minimum atomic E-state index is -0.0685. The fraction of sp³-hybridized carbons (Fsp3) is 0.333. The maximum absolute atomic E-state index is 12.4. The smallest absolute Gasteiger partial charge is 0.238 e. The molecule has 1 saturated heterocycles. The zero-order chi connectivity index (χ0) is 18.2. The van der Waals surface area contributed by atoms with E-state index in [0.29, 0.717) is 29.3 Å². The van der Waals surface area contributed by atoms with Crippen LogP contribution in [0.4, 0.5) is 5.69 Å². The molecule has 0 aliphatic carbocycles. The molecule has 1 fully saturated rings. The van der Waals surface area contributed by atoms with E-state index in [1.165, 1.54) is 0 Å². The van der Waals surface area contributed by atoms with Gasteiger partial charge in [0, 0.05) is 16.8 Å². The number of benzene rings is 2. The Morgan fingerprint density at radius 3 is 2.27 bits per heavy atom. The Morgan fingerprint density at radius 2 is 1.58 bits per heavy atom. The van der Waals surface area contributed by atoms with E-state index in [-0.39, 0.29) is 11.7 Å². The second-order valence-corrected chi connectivity index (χ2v) is 6.64. The van der Waals surface area contributed by atoms with Crippen molar-refractivity contribution < 1.29 is 9.59 Å². The number of piperidine rings is 1. The third-order valence-corrected chi connectivity index (χ3v) is 4.64. The maximum atomic E-state index is 12.4. The van der Waals surface area contributed by atoms with Crippen LogP contribution in [-0.4, -0.2) is 37.9 Å². The van der Waals surface area contributed by atoms with Crippen LogP contribution in [0.15, 0.2) is 54.6 Å². The molecule has 3 N–H and O–H groups in total. The quantitative estimate of drug-likeness (QED) is 0.670. The molecule has 136 valence electrons. The van der Waals surface area contributed by atoms with Crippen molar-refractivity contribution in [1.29, 1.82) is 0 Å². The third kappa shape index (κ3) is 5.25. The lowest BCUT2D eigenvalue weighted by molar-refractivity contribution is -0.115. The summed E-state index contributed by atoms with van der Waals surface area (Å²) in [6.07, 6.45) is 2.32. The van der Waals surface area contributed by atoms with Crippen LogP contribution in [0.1, 0.15) is 28.8 Å². The normalized spacial score (nSPS) is 14.8. The van der Waals surface area contributed by atoms with Gasteiger partial charge in [-0.15, -0.1) is 0 Å². The first-order valence-corrected chi connectivity index (χ1v) is 9.13. The first-order chi connectivity index (χ1) is 12.7. The average molecular weight is 351 g/mol. The number of carbonyl (C=O) groups excluding carboxylic acids is 2. The first-order valence-electron chi connectivity index (χ1n) is 9.13. The van der Waals surface area contributed by atoms with Crippen molar-refractivity contribution in [3.8, 4) is 0 Å². The van der Waals surface area contributed by atoms with Crippen molar-refractivity contribution in [3.05, 3.63) is 65.7 Å². The van der Waals surface area contributed by atoms with Gasteiger partial charge < -0.3 is 16.0 Å². The molecule has 1 heterocycles. The summed E-state index contributed by atoms with van der Waals surface area (Å²) in [6.45, 7) is 3.30. The summed E-state index contributed by atoms with van der Waals surface area (Å²) < 4.78 is 0. The van der Waals surface area contributed by atoms with Crippen LogP contribution in [0.25, 0.3) is 0 Å². The van der Waals surface area contributed by atoms with Crippen molar-refractivity contribution >= 4 is 17.4 Å². The molecule has 2 aromatic rings. The molecule has 0 unspecified atom stereocenters. The summed E-state index contributed by atoms with van der Waals surface area (Å²) in [5.74, 6) is 0.556. The van der Waals surface area contributed by atoms with Crippen molar-refractivity contribution in [1.82, 2.24) is 10.6 Å². The van der Waals surface area contributed by atoms with Gasteiger partial charge in [-0.1, -0.05) is 30.3 Å². The number of hydrogen-bond donors (Lipinski definition) is 3. The van der Waals surface area contributed by atoms with Gasteiger partial charge in [-0.3, -0.25) is 9.59 Å². The number of carbonyl (C=O) groups is 2. The van der Waals surface area contributed by atoms with Crippen LogP contribution in [0, 0.1) is 5.92 Å². The summed E-state index contributed by atoms with van der Waals surface area (Å²) in [5.41, 5.74) is 1.97. The lowest BCUT2D eigenvalue weighted by Gasteiger charge is -2.22. The molecule has 5 nitrogen and oxygen atoms in total. The van der Waals surface area contributed by atoms with Crippen molar-refractivity contribution in [2.75, 3.05) is 31.5 Å². The molecule has 0 spiro atoms. The van der Waals surface area contributed by atoms with E-state index in [4.69, 9.17) is 0 Å². The van der Waals surface area contributed by atoms with Gasteiger partial charge in [0.1, 0.15) is 0 Å². The summed E-state index contributed by atoms with van der Waals surface area (Å²) in [7, 11) is 0. The summed E-state index contributed by atoms with van der Waals surface area (Å²) in [5, 5.41) is 9.43. The molecule has 0 radical (unpaired) electrons. The van der Waals surface area contributed by atoms with E-state index in [9.17, 15) is 9.59 Å². The molecule has 1 aliphatic heterocycles. The molecule has 0 aromatic heterocycles. The van der Waals surface area contributed by atoms with E-state index in [2.05, 4.69) is 16.0 Å². The fourth-order valence-corrected chi connectivity index (χ4v) is 3.14. The second kappa shape index (κ2) is 9.27. The Kier molecular flexibility index (Phi) is 6.52. The molecule has 1 amide bonds. The number of rotatable bonds is 7. The zero-order valence-corrected chi connectivity index (χ0v) is 14.8. The van der Waals surface area contributed by atoms with Gasteiger partial charge >= 0.3 is 0 Å². The van der Waals surface area contributed by atoms with Crippen molar-refractivity contribution in [3.63, 3.8) is 0 Å². The Hall–Kier alpha value is -2.50. The lowest BCUT2D eigenvalue weighted by Crippen LogP contribution is -2.36. The Labute approximate surface area is 154 Å². The number of amides is 1. The van der Waals surface area contributed by atoms with Crippen molar-refractivity contribution in [2.24, 2.45) is 5.92 Å². The highest BCUT2D eigenvalue weighted by Crippen LogP contribution is 2.14. The molecule has 0 bridgehead atoms. The van der Waals surface area contributed by atoms with Crippen LogP contribution >= 0.6 is 0 Å². The van der Waals surface area contributed by atoms with Crippen LogP contribution in [0.5, 0.6) is 0 Å². The summed E-state index contributed by atoms with van der Waals surface area (Å²) >= 11 is 0. The molecule has 26 heavy (non-hydrogen) atoms. The monoisotopic (exact) mass is 351 g/mol. The first kappa shape index (κ1) is 18.3. The molecule has 3 rings (SSSR count). The zero-order valence-electron chi connectivity index (χ0n) is 14.8. The van der Waals surface area contributed by atoms with E-state index in [0.717, 1.165) is 32.5 Å². The van der Waals surface area contributed by atoms with E-state index in [1.54, 1.807) is 36.4 Å². The van der Waals surface area contributed by atoms with Gasteiger partial charge in [-0.25, -0.2) is 0 Å². The predicted octanol–water partition coefficient (Wildman–Crippen LogP) is 2.45. The third-order valence-electron chi connectivity index (χ3n) is 4.64. The molecule has 0 atom stereocenters. The van der Waals surface area contributed by atoms with Gasteiger partial charge in [0.25, 0.3) is 0 Å². The van der Waals surface area contributed by atoms with Crippen LogP contribution in [0.3, 0.4) is 0 Å². The van der Waals surface area contributed by atoms with Crippen LogP contribution < -0.4 is 16.0 Å². The molecule has 5 heteroatoms. The minimum absolute atomic E-state index is 0.0212. The van der Waals surface area contributed by atoms with Gasteiger partial charge in [0.15, 0.2) is 5.78 Å². The average Bonchev–Trinajstić information content (AvgIpc) is 2.69. The Morgan fingerprint density at radius 1 is 0.923 bits per heavy atom. The predicted molar refractivity (Wildman–Crippen MR) is 103 cm³/mol. The summed E-state index contributed by atoms with van der Waals surface area (Å²) in [4.78, 5) is 24.4. The number of nitrogens with one attached hydrogen (secondary N) is 3. The highest BCUT2D eigenvalue weighted by molar-refractivity contribution is 6.09. The highest BCUT2D eigenvalue weighted by Gasteiger charge is 2.13. The molecule has 0 saturated carbocycles. The number of anilines is 1. The number of hydrogen-bond acceptors (Lipinski definition) is 4. The van der Waals surface area contributed by atoms with E-state index < -0.39 is 0 Å². The fourth-order valence-electron chi connectivity index (χ4n) is 3.14. The van der Waals surface area contributed by atoms with Crippen molar-refractivity contribution in [2.45, 2.75) is 12.8 Å². The maximum Gasteiger partial charge on any atom is 0.238 e. The Balaban J connectivity index is 1.46. The summed E-state index contributed by atoms with van der Waals surface area (Å²) in [6, 6.07) is 16.2. The highest BCUT2D eigenvalue weighted by atomic mass is 16.2. The largest absolute Gasteiger partial charge is 0.325 e. The number of ketones is 1. The van der Waals surface area contributed by atoms with Gasteiger partial charge in [0.05, 0.1) is 6.54 Å². The topological polar surface area (TPSA) is 70.2 Å². The van der Waals surface area contributed by atoms with Gasteiger partial charge in [-0.2, -0.15) is 0 Å². The van der Waals surface area contributed by atoms with Gasteiger partial charge in [0.2, 0.25) is 5.91 Å². The van der Waals surface area contributed by atoms with Crippen LogP contribution in [0.2, 0.25) is 0 Å². The van der Waals surface area contributed by atoms with Gasteiger partial charge in [-0.05, 0) is 62.7 Å². The van der Waals surface area contributed by atoms with Crippen LogP contribution in [-0.2, 0) is 4.79 Å². The molecule has 2 aromatic carbocycles. The van der Waals surface area contributed by atoms with E-state index >= 15 is 0 Å². The SMILES string of the molecule is O=C(CNCC1CCNCC1)Nc1ccc(C(=O)c2ccccc2)cc1. The molecular weight excluding hydrogens is 326 g/mol. The Bertz CT molecular complexity index is 723. The standard InChI is InChI=1S/C21H25N3O2/c25-20(15-23-14-16-10-12-22-13-11-16)24-19-8-6-18(7-9-19)21(26)17-4-2-1-3-5-17/h1-9,16,22-23H,10-15H2,(H,24,25). The minimum Gasteiger partial charge on any atom is -0.325 e. The second-order valence-electron chi connectivity index (χ2n) is 6.64. The lowest BCUT2D eigenvalue weighted by atomic mass is 9.98. The van der Waals surface area contributed by atoms with E-state index in [1.807, 2.05) is 18.2 Å². The molecule has 1 aliphatic rings.